The predicted molar refractivity (Wildman–Crippen MR) is 52.6 cm³/mol. The van der Waals surface area contributed by atoms with E-state index in [2.05, 4.69) is 20.9 Å². The number of hydrogen-bond donors (Lipinski definition) is 1. The average Bonchev–Trinajstić information content (AvgIpc) is 2.70. The lowest BCUT2D eigenvalue weighted by Crippen LogP contribution is -2.19. The number of carbonyl (C=O) groups is 1. The van der Waals surface area contributed by atoms with E-state index in [1.807, 2.05) is 0 Å². The lowest BCUT2D eigenvalue weighted by atomic mass is 10.3. The van der Waals surface area contributed by atoms with Crippen LogP contribution in [0.3, 0.4) is 0 Å². The van der Waals surface area contributed by atoms with Crippen molar-refractivity contribution in [1.82, 2.24) is 9.55 Å². The van der Waals surface area contributed by atoms with Gasteiger partial charge in [0.15, 0.2) is 10.5 Å². The Balaban J connectivity index is 2.51. The molecule has 0 atom stereocenters. The van der Waals surface area contributed by atoms with Crippen LogP contribution in [0.15, 0.2) is 33.8 Å². The van der Waals surface area contributed by atoms with Crippen molar-refractivity contribution in [3.63, 3.8) is 0 Å². The first-order valence-electron chi connectivity index (χ1n) is 3.76. The van der Waals surface area contributed by atoms with E-state index in [4.69, 9.17) is 10.2 Å². The number of imidazole rings is 1. The van der Waals surface area contributed by atoms with E-state index in [9.17, 15) is 4.79 Å². The fourth-order valence-corrected chi connectivity index (χ4v) is 1.46. The molecule has 0 aliphatic rings. The Bertz CT molecular complexity index is 474. The molecule has 0 unspecified atom stereocenters. The SMILES string of the molecule is NC(=O)n1ccnc1-c1coc(Br)c1. The summed E-state index contributed by atoms with van der Waals surface area (Å²) < 4.78 is 6.86. The molecular formula is C8H6BrN3O2. The molecule has 72 valence electrons. The number of halogens is 1. The Kier molecular flexibility index (Phi) is 2.12. The molecule has 6 heteroatoms. The number of amides is 1. The number of rotatable bonds is 1. The maximum absolute atomic E-state index is 11.0. The van der Waals surface area contributed by atoms with Gasteiger partial charge < -0.3 is 10.2 Å². The molecule has 0 aromatic carbocycles. The number of carbonyl (C=O) groups excluding carboxylic acids is 1. The van der Waals surface area contributed by atoms with Gasteiger partial charge in [-0.2, -0.15) is 0 Å². The van der Waals surface area contributed by atoms with E-state index >= 15 is 0 Å². The van der Waals surface area contributed by atoms with Crippen LogP contribution in [0.4, 0.5) is 4.79 Å². The highest BCUT2D eigenvalue weighted by Gasteiger charge is 2.11. The van der Waals surface area contributed by atoms with Gasteiger partial charge in [-0.15, -0.1) is 0 Å². The van der Waals surface area contributed by atoms with Crippen LogP contribution < -0.4 is 5.73 Å². The van der Waals surface area contributed by atoms with Crippen molar-refractivity contribution < 1.29 is 9.21 Å². The van der Waals surface area contributed by atoms with Crippen molar-refractivity contribution in [1.29, 1.82) is 0 Å². The van der Waals surface area contributed by atoms with E-state index in [0.29, 0.717) is 16.1 Å². The fraction of sp³-hybridized carbons (Fsp3) is 0. The Morgan fingerprint density at radius 2 is 2.43 bits per heavy atom. The van der Waals surface area contributed by atoms with Gasteiger partial charge in [0.25, 0.3) is 0 Å². The second kappa shape index (κ2) is 3.30. The third kappa shape index (κ3) is 1.44. The second-order valence-electron chi connectivity index (χ2n) is 2.60. The molecule has 0 bridgehead atoms. The molecular weight excluding hydrogens is 250 g/mol. The van der Waals surface area contributed by atoms with Gasteiger partial charge in [0, 0.05) is 18.5 Å². The summed E-state index contributed by atoms with van der Waals surface area (Å²) in [5, 5.41) is 0. The first-order chi connectivity index (χ1) is 6.68. The summed E-state index contributed by atoms with van der Waals surface area (Å²) in [7, 11) is 0. The summed E-state index contributed by atoms with van der Waals surface area (Å²) in [5.74, 6) is 0.465. The zero-order chi connectivity index (χ0) is 10.1. The quantitative estimate of drug-likeness (QED) is 0.845. The summed E-state index contributed by atoms with van der Waals surface area (Å²) in [4.78, 5) is 15.0. The molecule has 0 aliphatic heterocycles. The van der Waals surface area contributed by atoms with Crippen molar-refractivity contribution in [2.45, 2.75) is 0 Å². The Morgan fingerprint density at radius 3 is 3.00 bits per heavy atom. The predicted octanol–water partition coefficient (Wildman–Crippen LogP) is 1.83. The monoisotopic (exact) mass is 255 g/mol. The number of aromatic nitrogens is 2. The van der Waals surface area contributed by atoms with E-state index < -0.39 is 6.03 Å². The highest BCUT2D eigenvalue weighted by atomic mass is 79.9. The minimum absolute atomic E-state index is 0.465. The highest BCUT2D eigenvalue weighted by Crippen LogP contribution is 2.23. The molecule has 2 rings (SSSR count). The topological polar surface area (TPSA) is 74.1 Å². The molecule has 0 saturated carbocycles. The summed E-state index contributed by atoms with van der Waals surface area (Å²) >= 11 is 3.16. The zero-order valence-electron chi connectivity index (χ0n) is 6.98. The molecule has 2 heterocycles. The van der Waals surface area contributed by atoms with Gasteiger partial charge in [0.2, 0.25) is 0 Å². The number of nitrogens with zero attached hydrogens (tertiary/aromatic N) is 2. The highest BCUT2D eigenvalue weighted by molar-refractivity contribution is 9.10. The Hall–Kier alpha value is -1.56. The normalized spacial score (nSPS) is 10.4. The van der Waals surface area contributed by atoms with E-state index in [1.165, 1.54) is 23.2 Å². The number of furan rings is 1. The molecule has 5 nitrogen and oxygen atoms in total. The van der Waals surface area contributed by atoms with Gasteiger partial charge in [0.05, 0.1) is 5.56 Å². The number of primary amides is 1. The summed E-state index contributed by atoms with van der Waals surface area (Å²) in [6.45, 7) is 0. The van der Waals surface area contributed by atoms with Crippen molar-refractivity contribution >= 4 is 22.0 Å². The van der Waals surface area contributed by atoms with E-state index in [-0.39, 0.29) is 0 Å². The molecule has 0 spiro atoms. The molecule has 0 radical (unpaired) electrons. The van der Waals surface area contributed by atoms with Crippen LogP contribution in [-0.2, 0) is 0 Å². The molecule has 2 N–H and O–H groups in total. The lowest BCUT2D eigenvalue weighted by Gasteiger charge is -1.98. The zero-order valence-corrected chi connectivity index (χ0v) is 8.56. The third-order valence-corrected chi connectivity index (χ3v) is 2.12. The second-order valence-corrected chi connectivity index (χ2v) is 3.38. The van der Waals surface area contributed by atoms with E-state index in [1.54, 1.807) is 6.07 Å². The van der Waals surface area contributed by atoms with Crippen molar-refractivity contribution in [3.05, 3.63) is 29.4 Å². The van der Waals surface area contributed by atoms with Gasteiger partial charge >= 0.3 is 6.03 Å². The van der Waals surface area contributed by atoms with Crippen LogP contribution >= 0.6 is 15.9 Å². The maximum atomic E-state index is 11.0. The van der Waals surface area contributed by atoms with Gasteiger partial charge in [-0.05, 0) is 15.9 Å². The van der Waals surface area contributed by atoms with Crippen molar-refractivity contribution in [2.24, 2.45) is 5.73 Å². The van der Waals surface area contributed by atoms with Crippen LogP contribution in [0.5, 0.6) is 0 Å². The van der Waals surface area contributed by atoms with E-state index in [0.717, 1.165) is 0 Å². The van der Waals surface area contributed by atoms with Gasteiger partial charge in [-0.25, -0.2) is 9.78 Å². The molecule has 1 amide bonds. The average molecular weight is 256 g/mol. The molecule has 0 aliphatic carbocycles. The minimum atomic E-state index is -0.574. The largest absolute Gasteiger partial charge is 0.457 e. The number of hydrogen-bond acceptors (Lipinski definition) is 3. The van der Waals surface area contributed by atoms with Gasteiger partial charge in [-0.1, -0.05) is 0 Å². The van der Waals surface area contributed by atoms with Gasteiger partial charge in [-0.3, -0.25) is 4.57 Å². The lowest BCUT2D eigenvalue weighted by molar-refractivity contribution is 0.250. The molecule has 0 fully saturated rings. The molecule has 2 aromatic heterocycles. The summed E-state index contributed by atoms with van der Waals surface area (Å²) in [6, 6.07) is 1.14. The number of nitrogens with two attached hydrogens (primary N) is 1. The van der Waals surface area contributed by atoms with Crippen LogP contribution in [0, 0.1) is 0 Å². The van der Waals surface area contributed by atoms with Crippen LogP contribution in [0.1, 0.15) is 0 Å². The minimum Gasteiger partial charge on any atom is -0.457 e. The van der Waals surface area contributed by atoms with Crippen molar-refractivity contribution in [2.75, 3.05) is 0 Å². The Labute approximate surface area is 87.7 Å². The first-order valence-corrected chi connectivity index (χ1v) is 4.55. The van der Waals surface area contributed by atoms with Gasteiger partial charge in [0.1, 0.15) is 6.26 Å². The smallest absolute Gasteiger partial charge is 0.324 e. The summed E-state index contributed by atoms with van der Waals surface area (Å²) in [5.41, 5.74) is 5.84. The standard InChI is InChI=1S/C8H6BrN3O2/c9-6-3-5(4-14-6)7-11-1-2-12(7)8(10)13/h1-4H,(H2,10,13). The van der Waals surface area contributed by atoms with Crippen LogP contribution in [0.2, 0.25) is 0 Å². The van der Waals surface area contributed by atoms with Crippen molar-refractivity contribution in [3.8, 4) is 11.4 Å². The fourth-order valence-electron chi connectivity index (χ4n) is 1.12. The third-order valence-electron chi connectivity index (χ3n) is 1.70. The Morgan fingerprint density at radius 1 is 1.64 bits per heavy atom. The van der Waals surface area contributed by atoms with Crippen LogP contribution in [-0.4, -0.2) is 15.6 Å². The molecule has 0 saturated heterocycles. The van der Waals surface area contributed by atoms with Crippen LogP contribution in [0.25, 0.3) is 11.4 Å². The summed E-state index contributed by atoms with van der Waals surface area (Å²) in [6.07, 6.45) is 4.49. The molecule has 2 aromatic rings. The first kappa shape index (κ1) is 9.01. The maximum Gasteiger partial charge on any atom is 0.324 e. The molecule has 14 heavy (non-hydrogen) atoms.